The fourth-order valence-corrected chi connectivity index (χ4v) is 1.52. The number of carbonyl (C=O) groups is 1. The average molecular weight is 248 g/mol. The number of carbonyl (C=O) groups excluding carboxylic acids is 1. The van der Waals surface area contributed by atoms with Gasteiger partial charge < -0.3 is 14.0 Å². The van der Waals surface area contributed by atoms with E-state index in [1.165, 1.54) is 14.2 Å². The number of rotatable bonds is 3. The lowest BCUT2D eigenvalue weighted by Crippen LogP contribution is -2.04. The minimum absolute atomic E-state index is 0.274. The molecule has 0 saturated carbocycles. The maximum absolute atomic E-state index is 11.7. The van der Waals surface area contributed by atoms with Gasteiger partial charge in [0.1, 0.15) is 5.75 Å². The Morgan fingerprint density at radius 2 is 2.11 bits per heavy atom. The summed E-state index contributed by atoms with van der Waals surface area (Å²) < 4.78 is 14.8. The van der Waals surface area contributed by atoms with Crippen molar-refractivity contribution >= 4 is 5.97 Å². The number of aryl methyl sites for hydroxylation is 1. The van der Waals surface area contributed by atoms with Crippen LogP contribution < -0.4 is 4.74 Å². The van der Waals surface area contributed by atoms with Gasteiger partial charge in [-0.1, -0.05) is 5.16 Å². The first-order valence-corrected chi connectivity index (χ1v) is 5.22. The molecule has 0 bridgehead atoms. The molecular weight excluding hydrogens is 236 g/mol. The summed E-state index contributed by atoms with van der Waals surface area (Å²) in [7, 11) is 2.83. The number of methoxy groups -OCH3 is 2. The summed E-state index contributed by atoms with van der Waals surface area (Å²) in [5.41, 5.74) is 0.837. The van der Waals surface area contributed by atoms with E-state index < -0.39 is 5.97 Å². The molecule has 2 rings (SSSR count). The van der Waals surface area contributed by atoms with Crippen LogP contribution in [0.15, 0.2) is 22.7 Å². The van der Waals surface area contributed by atoms with E-state index in [0.29, 0.717) is 22.7 Å². The molecule has 0 aliphatic carbocycles. The van der Waals surface area contributed by atoms with Crippen molar-refractivity contribution in [3.63, 3.8) is 0 Å². The molecule has 94 valence electrons. The number of aromatic nitrogens is 2. The normalized spacial score (nSPS) is 10.2. The summed E-state index contributed by atoms with van der Waals surface area (Å²) in [4.78, 5) is 15.8. The van der Waals surface area contributed by atoms with E-state index in [2.05, 4.69) is 10.1 Å². The lowest BCUT2D eigenvalue weighted by Gasteiger charge is -2.06. The highest BCUT2D eigenvalue weighted by Gasteiger charge is 2.18. The smallest absolute Gasteiger partial charge is 0.338 e. The predicted octanol–water partition coefficient (Wildman–Crippen LogP) is 1.84. The summed E-state index contributed by atoms with van der Waals surface area (Å²) in [5.74, 6) is 0.835. The zero-order chi connectivity index (χ0) is 13.1. The molecule has 0 amide bonds. The van der Waals surface area contributed by atoms with E-state index in [0.717, 1.165) is 0 Å². The largest absolute Gasteiger partial charge is 0.497 e. The molecule has 0 spiro atoms. The Morgan fingerprint density at radius 1 is 1.33 bits per heavy atom. The molecular formula is C12H12N2O4. The lowest BCUT2D eigenvalue weighted by molar-refractivity contribution is 0.0601. The Hall–Kier alpha value is -2.37. The minimum Gasteiger partial charge on any atom is -0.497 e. The highest BCUT2D eigenvalue weighted by Crippen LogP contribution is 2.26. The van der Waals surface area contributed by atoms with E-state index in [9.17, 15) is 4.79 Å². The molecule has 0 saturated heterocycles. The van der Waals surface area contributed by atoms with Crippen molar-refractivity contribution in [3.8, 4) is 17.2 Å². The van der Waals surface area contributed by atoms with Gasteiger partial charge in [0.15, 0.2) is 5.82 Å². The van der Waals surface area contributed by atoms with E-state index in [1.807, 2.05) is 0 Å². The van der Waals surface area contributed by atoms with Crippen LogP contribution in [0.1, 0.15) is 16.2 Å². The molecule has 1 aromatic heterocycles. The first kappa shape index (κ1) is 12.1. The zero-order valence-corrected chi connectivity index (χ0v) is 10.3. The monoisotopic (exact) mass is 248 g/mol. The van der Waals surface area contributed by atoms with Gasteiger partial charge in [-0.25, -0.2) is 4.79 Å². The second-order valence-electron chi connectivity index (χ2n) is 3.55. The van der Waals surface area contributed by atoms with E-state index in [-0.39, 0.29) is 5.89 Å². The number of ether oxygens (including phenoxy) is 2. The molecule has 0 fully saturated rings. The molecule has 18 heavy (non-hydrogen) atoms. The van der Waals surface area contributed by atoms with E-state index >= 15 is 0 Å². The minimum atomic E-state index is -0.486. The van der Waals surface area contributed by atoms with Crippen LogP contribution in [0.4, 0.5) is 0 Å². The van der Waals surface area contributed by atoms with Gasteiger partial charge in [-0.2, -0.15) is 4.98 Å². The fraction of sp³-hybridized carbons (Fsp3) is 0.250. The Kier molecular flexibility index (Phi) is 3.27. The first-order valence-electron chi connectivity index (χ1n) is 5.22. The Balaban J connectivity index is 2.55. The van der Waals surface area contributed by atoms with Gasteiger partial charge in [0.2, 0.25) is 0 Å². The number of esters is 1. The topological polar surface area (TPSA) is 74.5 Å². The maximum atomic E-state index is 11.7. The van der Waals surface area contributed by atoms with Gasteiger partial charge >= 0.3 is 5.97 Å². The van der Waals surface area contributed by atoms with Crippen molar-refractivity contribution in [1.82, 2.24) is 10.1 Å². The molecule has 0 unspecified atom stereocenters. The van der Waals surface area contributed by atoms with Crippen molar-refractivity contribution in [1.29, 1.82) is 0 Å². The van der Waals surface area contributed by atoms with Crippen LogP contribution in [0.5, 0.6) is 5.75 Å². The second-order valence-corrected chi connectivity index (χ2v) is 3.55. The van der Waals surface area contributed by atoms with Crippen LogP contribution in [0.3, 0.4) is 0 Å². The third-order valence-electron chi connectivity index (χ3n) is 2.39. The van der Waals surface area contributed by atoms with Crippen LogP contribution in [-0.4, -0.2) is 30.3 Å². The predicted molar refractivity (Wildman–Crippen MR) is 62.4 cm³/mol. The lowest BCUT2D eigenvalue weighted by atomic mass is 10.1. The van der Waals surface area contributed by atoms with Gasteiger partial charge in [-0.15, -0.1) is 0 Å². The zero-order valence-electron chi connectivity index (χ0n) is 10.3. The van der Waals surface area contributed by atoms with Gasteiger partial charge in [0, 0.05) is 0 Å². The van der Waals surface area contributed by atoms with Crippen molar-refractivity contribution in [3.05, 3.63) is 29.6 Å². The van der Waals surface area contributed by atoms with Crippen molar-refractivity contribution < 1.29 is 18.8 Å². The van der Waals surface area contributed by atoms with Crippen LogP contribution in [-0.2, 0) is 4.74 Å². The summed E-state index contributed by atoms with van der Waals surface area (Å²) in [6.45, 7) is 1.70. The molecule has 0 aliphatic heterocycles. The Morgan fingerprint density at radius 3 is 2.67 bits per heavy atom. The molecule has 6 heteroatoms. The van der Waals surface area contributed by atoms with Gasteiger partial charge in [0.25, 0.3) is 5.89 Å². The SMILES string of the molecule is COC(=O)c1cc(OC)ccc1-c1nc(C)no1. The summed E-state index contributed by atoms with van der Waals surface area (Å²) in [6, 6.07) is 4.96. The second kappa shape index (κ2) is 4.87. The molecule has 0 radical (unpaired) electrons. The van der Waals surface area contributed by atoms with Crippen LogP contribution in [0.25, 0.3) is 11.5 Å². The Bertz CT molecular complexity index is 577. The molecule has 0 aliphatic rings. The first-order chi connectivity index (χ1) is 8.65. The molecule has 2 aromatic rings. The number of benzene rings is 1. The molecule has 1 heterocycles. The molecule has 6 nitrogen and oxygen atoms in total. The van der Waals surface area contributed by atoms with Crippen molar-refractivity contribution in [2.45, 2.75) is 6.92 Å². The van der Waals surface area contributed by atoms with Crippen molar-refractivity contribution in [2.24, 2.45) is 0 Å². The summed E-state index contributed by atoms with van der Waals surface area (Å²) >= 11 is 0. The number of hydrogen-bond acceptors (Lipinski definition) is 6. The molecule has 0 atom stereocenters. The average Bonchev–Trinajstić information content (AvgIpc) is 2.83. The third kappa shape index (κ3) is 2.17. The van der Waals surface area contributed by atoms with Crippen molar-refractivity contribution in [2.75, 3.05) is 14.2 Å². The molecule has 1 aromatic carbocycles. The third-order valence-corrected chi connectivity index (χ3v) is 2.39. The summed E-state index contributed by atoms with van der Waals surface area (Å²) in [5, 5.41) is 3.69. The van der Waals surface area contributed by atoms with Gasteiger partial charge in [-0.3, -0.25) is 0 Å². The number of nitrogens with zero attached hydrogens (tertiary/aromatic N) is 2. The fourth-order valence-electron chi connectivity index (χ4n) is 1.52. The summed E-state index contributed by atoms with van der Waals surface area (Å²) in [6.07, 6.45) is 0. The maximum Gasteiger partial charge on any atom is 0.338 e. The standard InChI is InChI=1S/C12H12N2O4/c1-7-13-11(18-14-7)9-5-4-8(16-2)6-10(9)12(15)17-3/h4-6H,1-3H3. The quantitative estimate of drug-likeness (QED) is 0.771. The van der Waals surface area contributed by atoms with Gasteiger partial charge in [0.05, 0.1) is 25.3 Å². The Labute approximate surface area is 104 Å². The van der Waals surface area contributed by atoms with Crippen LogP contribution in [0.2, 0.25) is 0 Å². The van der Waals surface area contributed by atoms with E-state index in [1.54, 1.807) is 25.1 Å². The van der Waals surface area contributed by atoms with E-state index in [4.69, 9.17) is 14.0 Å². The molecule has 0 N–H and O–H groups in total. The highest BCUT2D eigenvalue weighted by molar-refractivity contribution is 5.96. The highest BCUT2D eigenvalue weighted by atomic mass is 16.5. The van der Waals surface area contributed by atoms with Gasteiger partial charge in [-0.05, 0) is 25.1 Å². The number of hydrogen-bond donors (Lipinski definition) is 0. The van der Waals surface area contributed by atoms with Crippen LogP contribution >= 0.6 is 0 Å². The van der Waals surface area contributed by atoms with Crippen LogP contribution in [0, 0.1) is 6.92 Å².